The molecule has 0 aromatic carbocycles. The number of hydrogen-bond acceptors (Lipinski definition) is 5. The highest BCUT2D eigenvalue weighted by molar-refractivity contribution is 5.73. The lowest BCUT2D eigenvalue weighted by molar-refractivity contribution is -0.144. The number of hydrogen-bond donors (Lipinski definition) is 0. The maximum absolute atomic E-state index is 11.4. The van der Waals surface area contributed by atoms with Gasteiger partial charge in [-0.2, -0.15) is 0 Å². The molecular formula is C12H17N3O2. The lowest BCUT2D eigenvalue weighted by Gasteiger charge is -2.16. The van der Waals surface area contributed by atoms with Crippen LogP contribution in [-0.4, -0.2) is 36.1 Å². The molecule has 1 aliphatic heterocycles. The van der Waals surface area contributed by atoms with Crippen LogP contribution in [0.15, 0.2) is 6.07 Å². The first-order valence-corrected chi connectivity index (χ1v) is 5.75. The Labute approximate surface area is 101 Å². The predicted octanol–water partition coefficient (Wildman–Crippen LogP) is 1.09. The normalized spacial score (nSPS) is 19.5. The molecule has 5 nitrogen and oxygen atoms in total. The van der Waals surface area contributed by atoms with Crippen molar-refractivity contribution in [2.75, 3.05) is 25.1 Å². The van der Waals surface area contributed by atoms with E-state index in [0.717, 1.165) is 24.4 Å². The van der Waals surface area contributed by atoms with Gasteiger partial charge in [0.15, 0.2) is 0 Å². The number of esters is 1. The predicted molar refractivity (Wildman–Crippen MR) is 63.8 cm³/mol. The summed E-state index contributed by atoms with van der Waals surface area (Å²) in [5.74, 6) is 0.523. The van der Waals surface area contributed by atoms with Crippen molar-refractivity contribution in [3.8, 4) is 0 Å². The second kappa shape index (κ2) is 4.69. The summed E-state index contributed by atoms with van der Waals surface area (Å²) >= 11 is 0. The zero-order valence-electron chi connectivity index (χ0n) is 10.4. The van der Waals surface area contributed by atoms with Gasteiger partial charge in [0.05, 0.1) is 13.0 Å². The smallest absolute Gasteiger partial charge is 0.310 e. The number of anilines is 1. The maximum atomic E-state index is 11.4. The Kier molecular flexibility index (Phi) is 3.26. The molecule has 1 aromatic rings. The van der Waals surface area contributed by atoms with Gasteiger partial charge in [-0.3, -0.25) is 4.79 Å². The fourth-order valence-corrected chi connectivity index (χ4v) is 2.15. The molecule has 5 heteroatoms. The molecule has 0 saturated carbocycles. The van der Waals surface area contributed by atoms with Gasteiger partial charge in [-0.05, 0) is 26.3 Å². The Morgan fingerprint density at radius 1 is 1.41 bits per heavy atom. The summed E-state index contributed by atoms with van der Waals surface area (Å²) in [6.45, 7) is 5.36. The van der Waals surface area contributed by atoms with E-state index < -0.39 is 0 Å². The Morgan fingerprint density at radius 3 is 2.65 bits per heavy atom. The van der Waals surface area contributed by atoms with Crippen molar-refractivity contribution in [2.24, 2.45) is 5.92 Å². The van der Waals surface area contributed by atoms with Crippen molar-refractivity contribution in [3.05, 3.63) is 17.5 Å². The Bertz CT molecular complexity index is 414. The zero-order chi connectivity index (χ0) is 12.4. The van der Waals surface area contributed by atoms with Crippen LogP contribution in [0.3, 0.4) is 0 Å². The van der Waals surface area contributed by atoms with E-state index in [-0.39, 0.29) is 11.9 Å². The van der Waals surface area contributed by atoms with Crippen molar-refractivity contribution < 1.29 is 9.53 Å². The van der Waals surface area contributed by atoms with Gasteiger partial charge in [0.25, 0.3) is 0 Å². The van der Waals surface area contributed by atoms with Gasteiger partial charge in [0, 0.05) is 24.5 Å². The molecule has 0 spiro atoms. The summed E-state index contributed by atoms with van der Waals surface area (Å²) in [6, 6.07) is 1.94. The molecule has 2 rings (SSSR count). The largest absolute Gasteiger partial charge is 0.469 e. The van der Waals surface area contributed by atoms with Gasteiger partial charge in [0.2, 0.25) is 5.95 Å². The van der Waals surface area contributed by atoms with Crippen molar-refractivity contribution in [2.45, 2.75) is 20.3 Å². The first-order chi connectivity index (χ1) is 8.10. The third-order valence-corrected chi connectivity index (χ3v) is 2.98. The number of aryl methyl sites for hydroxylation is 2. The van der Waals surface area contributed by atoms with E-state index in [1.807, 2.05) is 24.8 Å². The highest BCUT2D eigenvalue weighted by Crippen LogP contribution is 2.22. The topological polar surface area (TPSA) is 55.3 Å². The number of aromatic nitrogens is 2. The fraction of sp³-hybridized carbons (Fsp3) is 0.583. The lowest BCUT2D eigenvalue weighted by Crippen LogP contribution is -2.25. The van der Waals surface area contributed by atoms with Crippen molar-refractivity contribution in [3.63, 3.8) is 0 Å². The molecule has 0 amide bonds. The Morgan fingerprint density at radius 2 is 2.06 bits per heavy atom. The van der Waals surface area contributed by atoms with Crippen LogP contribution in [0.2, 0.25) is 0 Å². The van der Waals surface area contributed by atoms with Crippen molar-refractivity contribution >= 4 is 11.9 Å². The van der Waals surface area contributed by atoms with Crippen LogP contribution in [0, 0.1) is 19.8 Å². The summed E-state index contributed by atoms with van der Waals surface area (Å²) in [4.78, 5) is 22.3. The Hall–Kier alpha value is -1.65. The average molecular weight is 235 g/mol. The van der Waals surface area contributed by atoms with E-state index in [1.165, 1.54) is 7.11 Å². The molecule has 1 fully saturated rings. The zero-order valence-corrected chi connectivity index (χ0v) is 10.4. The highest BCUT2D eigenvalue weighted by Gasteiger charge is 2.30. The summed E-state index contributed by atoms with van der Waals surface area (Å²) in [6.07, 6.45) is 0.809. The second-order valence-corrected chi connectivity index (χ2v) is 4.41. The molecular weight excluding hydrogens is 218 g/mol. The number of methoxy groups -OCH3 is 1. The summed E-state index contributed by atoms with van der Waals surface area (Å²) < 4.78 is 4.76. The van der Waals surface area contributed by atoms with Crippen LogP contribution in [-0.2, 0) is 9.53 Å². The van der Waals surface area contributed by atoms with Crippen LogP contribution in [0.25, 0.3) is 0 Å². The van der Waals surface area contributed by atoms with Crippen molar-refractivity contribution in [1.82, 2.24) is 9.97 Å². The minimum Gasteiger partial charge on any atom is -0.469 e. The molecule has 0 radical (unpaired) electrons. The van der Waals surface area contributed by atoms with Gasteiger partial charge >= 0.3 is 5.97 Å². The van der Waals surface area contributed by atoms with Gasteiger partial charge < -0.3 is 9.64 Å². The van der Waals surface area contributed by atoms with Gasteiger partial charge in [0.1, 0.15) is 0 Å². The van der Waals surface area contributed by atoms with Crippen LogP contribution < -0.4 is 4.90 Å². The molecule has 1 unspecified atom stereocenters. The number of rotatable bonds is 2. The fourth-order valence-electron chi connectivity index (χ4n) is 2.15. The molecule has 1 aromatic heterocycles. The number of nitrogens with zero attached hydrogens (tertiary/aromatic N) is 3. The molecule has 0 bridgehead atoms. The monoisotopic (exact) mass is 235 g/mol. The highest BCUT2D eigenvalue weighted by atomic mass is 16.5. The van der Waals surface area contributed by atoms with E-state index in [4.69, 9.17) is 4.74 Å². The van der Waals surface area contributed by atoms with Crippen LogP contribution in [0.4, 0.5) is 5.95 Å². The van der Waals surface area contributed by atoms with E-state index >= 15 is 0 Å². The van der Waals surface area contributed by atoms with E-state index in [9.17, 15) is 4.79 Å². The molecule has 2 heterocycles. The molecule has 1 saturated heterocycles. The summed E-state index contributed by atoms with van der Waals surface area (Å²) in [5.41, 5.74) is 1.91. The molecule has 92 valence electrons. The van der Waals surface area contributed by atoms with Gasteiger partial charge in [-0.1, -0.05) is 0 Å². The third-order valence-electron chi connectivity index (χ3n) is 2.98. The molecule has 0 aliphatic carbocycles. The average Bonchev–Trinajstić information content (AvgIpc) is 2.76. The van der Waals surface area contributed by atoms with E-state index in [1.54, 1.807) is 0 Å². The first-order valence-electron chi connectivity index (χ1n) is 5.75. The quantitative estimate of drug-likeness (QED) is 0.718. The van der Waals surface area contributed by atoms with Crippen molar-refractivity contribution in [1.29, 1.82) is 0 Å². The summed E-state index contributed by atoms with van der Waals surface area (Å²) in [5, 5.41) is 0. The number of carbonyl (C=O) groups excluding carboxylic acids is 1. The number of carbonyl (C=O) groups is 1. The molecule has 1 aliphatic rings. The second-order valence-electron chi connectivity index (χ2n) is 4.41. The Balaban J connectivity index is 2.12. The third kappa shape index (κ3) is 2.54. The van der Waals surface area contributed by atoms with Gasteiger partial charge in [-0.15, -0.1) is 0 Å². The summed E-state index contributed by atoms with van der Waals surface area (Å²) in [7, 11) is 1.43. The molecule has 0 N–H and O–H groups in total. The standard InChI is InChI=1S/C12H17N3O2/c1-8-6-9(2)14-12(13-8)15-5-4-10(7-15)11(16)17-3/h6,10H,4-5,7H2,1-3H3. The lowest BCUT2D eigenvalue weighted by atomic mass is 10.1. The molecule has 1 atom stereocenters. The minimum atomic E-state index is -0.142. The van der Waals surface area contributed by atoms with Gasteiger partial charge in [-0.25, -0.2) is 9.97 Å². The minimum absolute atomic E-state index is 0.0515. The molecule has 17 heavy (non-hydrogen) atoms. The van der Waals surface area contributed by atoms with Crippen LogP contribution in [0.1, 0.15) is 17.8 Å². The van der Waals surface area contributed by atoms with E-state index in [2.05, 4.69) is 9.97 Å². The van der Waals surface area contributed by atoms with Crippen LogP contribution >= 0.6 is 0 Å². The maximum Gasteiger partial charge on any atom is 0.310 e. The first kappa shape index (κ1) is 11.8. The number of ether oxygens (including phenoxy) is 1. The van der Waals surface area contributed by atoms with E-state index in [0.29, 0.717) is 12.5 Å². The van der Waals surface area contributed by atoms with Crippen LogP contribution in [0.5, 0.6) is 0 Å². The SMILES string of the molecule is COC(=O)C1CCN(c2nc(C)cc(C)n2)C1.